The summed E-state index contributed by atoms with van der Waals surface area (Å²) in [6, 6.07) is 9.66. The minimum Gasteiger partial charge on any atom is -0.489 e. The Bertz CT molecular complexity index is 824. The summed E-state index contributed by atoms with van der Waals surface area (Å²) in [7, 11) is 1.46. The van der Waals surface area contributed by atoms with Crippen molar-refractivity contribution < 1.29 is 14.3 Å². The van der Waals surface area contributed by atoms with Crippen LogP contribution in [-0.2, 0) is 24.2 Å². The zero-order valence-electron chi connectivity index (χ0n) is 16.2. The van der Waals surface area contributed by atoms with Gasteiger partial charge in [-0.1, -0.05) is 38.1 Å². The molecule has 0 aliphatic heterocycles. The number of carbonyl (C=O) groups excluding carboxylic acids is 2. The van der Waals surface area contributed by atoms with Gasteiger partial charge in [0, 0.05) is 18.2 Å². The molecular weight excluding hydrogens is 326 g/mol. The molecule has 26 heavy (non-hydrogen) atoms. The Labute approximate surface area is 155 Å². The highest BCUT2D eigenvalue weighted by Gasteiger charge is 2.20. The zero-order valence-corrected chi connectivity index (χ0v) is 16.2. The summed E-state index contributed by atoms with van der Waals surface area (Å²) in [5.41, 5.74) is 5.77. The van der Waals surface area contributed by atoms with E-state index in [1.165, 1.54) is 18.2 Å². The van der Waals surface area contributed by atoms with Crippen molar-refractivity contribution in [2.45, 2.75) is 47.1 Å². The van der Waals surface area contributed by atoms with Gasteiger partial charge in [-0.15, -0.1) is 0 Å². The molecule has 0 saturated heterocycles. The third kappa shape index (κ3) is 4.13. The van der Waals surface area contributed by atoms with Crippen molar-refractivity contribution in [3.05, 3.63) is 63.7 Å². The van der Waals surface area contributed by atoms with E-state index in [0.717, 1.165) is 35.3 Å². The lowest BCUT2D eigenvalue weighted by Crippen LogP contribution is -2.28. The van der Waals surface area contributed by atoms with E-state index in [1.54, 1.807) is 6.07 Å². The van der Waals surface area contributed by atoms with Gasteiger partial charge in [0.05, 0.1) is 0 Å². The van der Waals surface area contributed by atoms with Gasteiger partial charge in [-0.2, -0.15) is 0 Å². The van der Waals surface area contributed by atoms with Crippen LogP contribution in [0, 0.1) is 13.8 Å². The summed E-state index contributed by atoms with van der Waals surface area (Å²) in [5, 5.41) is 2.40. The molecule has 2 aromatic carbocycles. The molecule has 0 fully saturated rings. The van der Waals surface area contributed by atoms with E-state index in [2.05, 4.69) is 25.2 Å². The highest BCUT2D eigenvalue weighted by atomic mass is 16.5. The number of hydrogen-bond donors (Lipinski definition) is 1. The molecule has 1 amide bonds. The summed E-state index contributed by atoms with van der Waals surface area (Å²) < 4.78 is 6.07. The molecule has 138 valence electrons. The van der Waals surface area contributed by atoms with Crippen LogP contribution in [-0.4, -0.2) is 18.7 Å². The number of aryl methyl sites for hydroxylation is 4. The summed E-state index contributed by atoms with van der Waals surface area (Å²) >= 11 is 0. The fourth-order valence-corrected chi connectivity index (χ4v) is 3.12. The van der Waals surface area contributed by atoms with Gasteiger partial charge in [-0.3, -0.25) is 9.59 Å². The van der Waals surface area contributed by atoms with Crippen LogP contribution >= 0.6 is 0 Å². The van der Waals surface area contributed by atoms with Crippen LogP contribution in [0.2, 0.25) is 0 Å². The smallest absolute Gasteiger partial charge is 0.292 e. The highest BCUT2D eigenvalue weighted by molar-refractivity contribution is 6.43. The van der Waals surface area contributed by atoms with Gasteiger partial charge in [-0.25, -0.2) is 0 Å². The molecule has 4 nitrogen and oxygen atoms in total. The zero-order chi connectivity index (χ0) is 19.3. The van der Waals surface area contributed by atoms with E-state index in [-0.39, 0.29) is 6.61 Å². The van der Waals surface area contributed by atoms with Gasteiger partial charge in [0.25, 0.3) is 11.7 Å². The Balaban J connectivity index is 2.36. The molecule has 1 N–H and O–H groups in total. The maximum atomic E-state index is 12.4. The highest BCUT2D eigenvalue weighted by Crippen LogP contribution is 2.26. The molecule has 0 aliphatic carbocycles. The number of ether oxygens (including phenoxy) is 1. The van der Waals surface area contributed by atoms with Crippen molar-refractivity contribution in [2.75, 3.05) is 7.05 Å². The van der Waals surface area contributed by atoms with Crippen LogP contribution in [0.15, 0.2) is 30.3 Å². The predicted molar refractivity (Wildman–Crippen MR) is 104 cm³/mol. The lowest BCUT2D eigenvalue weighted by molar-refractivity contribution is -0.116. The first kappa shape index (κ1) is 19.7. The van der Waals surface area contributed by atoms with E-state index in [0.29, 0.717) is 5.56 Å². The average Bonchev–Trinajstić information content (AvgIpc) is 2.66. The van der Waals surface area contributed by atoms with Crippen molar-refractivity contribution >= 4 is 11.7 Å². The maximum Gasteiger partial charge on any atom is 0.292 e. The molecule has 2 aromatic rings. The first-order chi connectivity index (χ1) is 12.4. The monoisotopic (exact) mass is 353 g/mol. The van der Waals surface area contributed by atoms with Crippen LogP contribution in [0.25, 0.3) is 0 Å². The molecule has 0 aromatic heterocycles. The number of nitrogens with one attached hydrogen (secondary N) is 1. The van der Waals surface area contributed by atoms with Gasteiger partial charge in [-0.05, 0) is 55.0 Å². The van der Waals surface area contributed by atoms with Gasteiger partial charge >= 0.3 is 0 Å². The van der Waals surface area contributed by atoms with Crippen LogP contribution < -0.4 is 10.1 Å². The van der Waals surface area contributed by atoms with Crippen LogP contribution in [0.5, 0.6) is 5.75 Å². The van der Waals surface area contributed by atoms with E-state index < -0.39 is 11.7 Å². The first-order valence-corrected chi connectivity index (χ1v) is 9.02. The standard InChI is InChI=1S/C22H27NO3/c1-6-16-9-8-10-18(21(24)22(25)23-5)19(16)13-26-20-12-14(3)17(7-2)11-15(20)4/h8-12H,6-7,13H2,1-5H3,(H,23,25). The largest absolute Gasteiger partial charge is 0.489 e. The number of hydrogen-bond acceptors (Lipinski definition) is 3. The summed E-state index contributed by atoms with van der Waals surface area (Å²) in [6.07, 6.45) is 1.75. The topological polar surface area (TPSA) is 55.4 Å². The number of ketones is 1. The van der Waals surface area contributed by atoms with Crippen LogP contribution in [0.4, 0.5) is 0 Å². The number of Topliss-reactive ketones (excluding diaryl/α,β-unsaturated/α-hetero) is 1. The van der Waals surface area contributed by atoms with E-state index in [9.17, 15) is 9.59 Å². The lowest BCUT2D eigenvalue weighted by atomic mass is 9.96. The van der Waals surface area contributed by atoms with Gasteiger partial charge in [0.2, 0.25) is 0 Å². The minimum atomic E-state index is -0.612. The molecule has 0 aliphatic rings. The third-order valence-corrected chi connectivity index (χ3v) is 4.72. The molecular formula is C22H27NO3. The number of amides is 1. The Morgan fingerprint density at radius 3 is 2.31 bits per heavy atom. The van der Waals surface area contributed by atoms with Crippen molar-refractivity contribution in [2.24, 2.45) is 0 Å². The van der Waals surface area contributed by atoms with Gasteiger partial charge in [0.1, 0.15) is 12.4 Å². The number of benzene rings is 2. The van der Waals surface area contributed by atoms with Gasteiger partial charge < -0.3 is 10.1 Å². The molecule has 0 atom stereocenters. The van der Waals surface area contributed by atoms with E-state index in [4.69, 9.17) is 4.74 Å². The Morgan fingerprint density at radius 2 is 1.69 bits per heavy atom. The van der Waals surface area contributed by atoms with E-state index >= 15 is 0 Å². The number of rotatable bonds is 7. The lowest BCUT2D eigenvalue weighted by Gasteiger charge is -2.16. The number of likely N-dealkylation sites (N-methyl/N-ethyl adjacent to an activating group) is 1. The molecule has 0 radical (unpaired) electrons. The first-order valence-electron chi connectivity index (χ1n) is 9.02. The van der Waals surface area contributed by atoms with Crippen molar-refractivity contribution in [3.63, 3.8) is 0 Å². The Hall–Kier alpha value is -2.62. The van der Waals surface area contributed by atoms with Crippen molar-refractivity contribution in [3.8, 4) is 5.75 Å². The normalized spacial score (nSPS) is 10.5. The second-order valence-corrected chi connectivity index (χ2v) is 6.39. The summed E-state index contributed by atoms with van der Waals surface area (Å²) in [4.78, 5) is 24.2. The average molecular weight is 353 g/mol. The minimum absolute atomic E-state index is 0.258. The van der Waals surface area contributed by atoms with Crippen LogP contribution in [0.3, 0.4) is 0 Å². The summed E-state index contributed by atoms with van der Waals surface area (Å²) in [6.45, 7) is 8.52. The van der Waals surface area contributed by atoms with Gasteiger partial charge in [0.15, 0.2) is 0 Å². The SMILES string of the molecule is CCc1cc(C)c(OCc2c(CC)cccc2C(=O)C(=O)NC)cc1C. The quantitative estimate of drug-likeness (QED) is 0.606. The molecule has 4 heteroatoms. The van der Waals surface area contributed by atoms with Crippen molar-refractivity contribution in [1.29, 1.82) is 0 Å². The van der Waals surface area contributed by atoms with E-state index in [1.807, 2.05) is 32.0 Å². The Kier molecular flexibility index (Phi) is 6.56. The molecule has 2 rings (SSSR count). The fraction of sp³-hybridized carbons (Fsp3) is 0.364. The molecule has 0 saturated carbocycles. The van der Waals surface area contributed by atoms with Crippen LogP contribution in [0.1, 0.15) is 52.0 Å². The van der Waals surface area contributed by atoms with Crippen molar-refractivity contribution in [1.82, 2.24) is 5.32 Å². The molecule has 0 unspecified atom stereocenters. The predicted octanol–water partition coefficient (Wildman–Crippen LogP) is 3.94. The molecule has 0 bridgehead atoms. The molecule has 0 heterocycles. The maximum absolute atomic E-state index is 12.4. The second-order valence-electron chi connectivity index (χ2n) is 6.39. The second kappa shape index (κ2) is 8.65. The molecule has 0 spiro atoms. The fourth-order valence-electron chi connectivity index (χ4n) is 3.12. The third-order valence-electron chi connectivity index (χ3n) is 4.72. The Morgan fingerprint density at radius 1 is 1.00 bits per heavy atom. The summed E-state index contributed by atoms with van der Waals surface area (Å²) in [5.74, 6) is -0.335. The number of carbonyl (C=O) groups is 2.